The highest BCUT2D eigenvalue weighted by Crippen LogP contribution is 2.33. The fourth-order valence-corrected chi connectivity index (χ4v) is 2.01. The quantitative estimate of drug-likeness (QED) is 0.837. The maximum atomic E-state index is 12.1. The van der Waals surface area contributed by atoms with Crippen LogP contribution in [0.15, 0.2) is 41.1 Å². The molecule has 1 N–H and O–H groups in total. The molecule has 1 amide bonds. The molecule has 20 heavy (non-hydrogen) atoms. The molecule has 1 aromatic carbocycles. The number of methoxy groups -OCH3 is 2. The van der Waals surface area contributed by atoms with Crippen molar-refractivity contribution in [2.24, 2.45) is 4.99 Å². The van der Waals surface area contributed by atoms with Gasteiger partial charge in [0, 0.05) is 12.3 Å². The van der Waals surface area contributed by atoms with Gasteiger partial charge in [-0.1, -0.05) is 12.1 Å². The van der Waals surface area contributed by atoms with Gasteiger partial charge in [-0.25, -0.2) is 4.99 Å². The van der Waals surface area contributed by atoms with E-state index in [1.54, 1.807) is 24.3 Å². The summed E-state index contributed by atoms with van der Waals surface area (Å²) in [5, 5.41) is 10.1. The van der Waals surface area contributed by atoms with Crippen molar-refractivity contribution >= 4 is 18.1 Å². The van der Waals surface area contributed by atoms with E-state index in [-0.39, 0.29) is 0 Å². The molecule has 6 nitrogen and oxygen atoms in total. The van der Waals surface area contributed by atoms with Crippen molar-refractivity contribution in [3.63, 3.8) is 0 Å². The molecular formula is C14H13NO5. The molecule has 0 spiro atoms. The van der Waals surface area contributed by atoms with Crippen LogP contribution in [-0.4, -0.2) is 37.4 Å². The van der Waals surface area contributed by atoms with Gasteiger partial charge in [0.05, 0.1) is 14.2 Å². The third kappa shape index (κ3) is 2.05. The predicted molar refractivity (Wildman–Crippen MR) is 70.9 cm³/mol. The molecule has 0 saturated carbocycles. The summed E-state index contributed by atoms with van der Waals surface area (Å²) in [5.41, 5.74) is -1.18. The number of aliphatic hydroxyl groups is 1. The number of dihydropyridines is 1. The van der Waals surface area contributed by atoms with Crippen LogP contribution in [0.5, 0.6) is 5.75 Å². The van der Waals surface area contributed by atoms with Crippen LogP contribution in [-0.2, 0) is 19.7 Å². The number of esters is 1. The Morgan fingerprint density at radius 1 is 1.25 bits per heavy atom. The Morgan fingerprint density at radius 3 is 2.40 bits per heavy atom. The summed E-state index contributed by atoms with van der Waals surface area (Å²) in [6.45, 7) is 0. The summed E-state index contributed by atoms with van der Waals surface area (Å²) >= 11 is 0. The lowest BCUT2D eigenvalue weighted by molar-refractivity contribution is -0.144. The topological polar surface area (TPSA) is 85.2 Å². The van der Waals surface area contributed by atoms with Gasteiger partial charge in [0.2, 0.25) is 0 Å². The largest absolute Gasteiger partial charge is 0.510 e. The predicted octanol–water partition coefficient (Wildman–Crippen LogP) is 1.16. The van der Waals surface area contributed by atoms with Crippen LogP contribution in [0, 0.1) is 0 Å². The molecular weight excluding hydrogens is 262 g/mol. The smallest absolute Gasteiger partial charge is 0.329 e. The van der Waals surface area contributed by atoms with Crippen LogP contribution in [0.1, 0.15) is 5.56 Å². The number of rotatable bonds is 3. The number of ether oxygens (including phenoxy) is 2. The van der Waals surface area contributed by atoms with E-state index in [2.05, 4.69) is 4.99 Å². The highest BCUT2D eigenvalue weighted by atomic mass is 16.5. The van der Waals surface area contributed by atoms with Crippen molar-refractivity contribution < 1.29 is 24.2 Å². The fourth-order valence-electron chi connectivity index (χ4n) is 2.01. The Labute approximate surface area is 115 Å². The lowest BCUT2D eigenvalue weighted by Gasteiger charge is -2.28. The minimum atomic E-state index is -1.60. The van der Waals surface area contributed by atoms with E-state index in [1.165, 1.54) is 14.2 Å². The van der Waals surface area contributed by atoms with Crippen LogP contribution in [0.3, 0.4) is 0 Å². The van der Waals surface area contributed by atoms with Gasteiger partial charge >= 0.3 is 5.97 Å². The second-order valence-corrected chi connectivity index (χ2v) is 4.15. The van der Waals surface area contributed by atoms with Crippen LogP contribution in [0.25, 0.3) is 0 Å². The van der Waals surface area contributed by atoms with Crippen LogP contribution in [0.4, 0.5) is 0 Å². The Hall–Kier alpha value is -2.63. The second kappa shape index (κ2) is 5.16. The van der Waals surface area contributed by atoms with Gasteiger partial charge in [0.25, 0.3) is 5.91 Å². The lowest BCUT2D eigenvalue weighted by atomic mass is 9.78. The first-order chi connectivity index (χ1) is 9.54. The summed E-state index contributed by atoms with van der Waals surface area (Å²) in [6.07, 6.45) is 2.00. The first-order valence-corrected chi connectivity index (χ1v) is 5.78. The summed E-state index contributed by atoms with van der Waals surface area (Å²) in [5.74, 6) is -1.18. The van der Waals surface area contributed by atoms with Gasteiger partial charge in [-0.2, -0.15) is 0 Å². The monoisotopic (exact) mass is 275 g/mol. The second-order valence-electron chi connectivity index (χ2n) is 4.15. The fraction of sp³-hybridized carbons (Fsp3) is 0.214. The van der Waals surface area contributed by atoms with E-state index in [0.717, 1.165) is 12.3 Å². The average molecular weight is 275 g/mol. The SMILES string of the molecule is COC(=O)[C@]1(c2ccc(OC)cc2)C=NC(=O)C=C1O. The number of amides is 1. The zero-order chi connectivity index (χ0) is 14.8. The van der Waals surface area contributed by atoms with Crippen LogP contribution in [0.2, 0.25) is 0 Å². The molecule has 104 valence electrons. The van der Waals surface area contributed by atoms with Gasteiger partial charge in [-0.15, -0.1) is 0 Å². The zero-order valence-corrected chi connectivity index (χ0v) is 11.0. The summed E-state index contributed by atoms with van der Waals surface area (Å²) < 4.78 is 9.78. The maximum Gasteiger partial charge on any atom is 0.329 e. The molecule has 2 rings (SSSR count). The number of carbonyl (C=O) groups excluding carboxylic acids is 2. The van der Waals surface area contributed by atoms with Crippen molar-refractivity contribution in [2.45, 2.75) is 5.41 Å². The molecule has 0 bridgehead atoms. The van der Waals surface area contributed by atoms with Gasteiger partial charge in [0.15, 0.2) is 5.41 Å². The van der Waals surface area contributed by atoms with Crippen LogP contribution >= 0.6 is 0 Å². The highest BCUT2D eigenvalue weighted by molar-refractivity contribution is 6.12. The van der Waals surface area contributed by atoms with E-state index < -0.39 is 23.1 Å². The van der Waals surface area contributed by atoms with E-state index in [1.807, 2.05) is 0 Å². The van der Waals surface area contributed by atoms with Crippen molar-refractivity contribution in [3.8, 4) is 5.75 Å². The Bertz CT molecular complexity index is 602. The first-order valence-electron chi connectivity index (χ1n) is 5.78. The van der Waals surface area contributed by atoms with Crippen molar-refractivity contribution in [3.05, 3.63) is 41.7 Å². The van der Waals surface area contributed by atoms with Gasteiger partial charge < -0.3 is 14.6 Å². The normalized spacial score (nSPS) is 21.3. The van der Waals surface area contributed by atoms with Gasteiger partial charge in [-0.3, -0.25) is 9.59 Å². The maximum absolute atomic E-state index is 12.1. The molecule has 0 radical (unpaired) electrons. The third-order valence-electron chi connectivity index (χ3n) is 3.10. The average Bonchev–Trinajstić information content (AvgIpc) is 2.47. The standard InChI is InChI=1S/C14H13NO5/c1-19-10-5-3-9(4-6-10)14(13(18)20-2)8-15-12(17)7-11(14)16/h3-8,16H,1-2H3/t14-/m0/s1. The van der Waals surface area contributed by atoms with Gasteiger partial charge in [-0.05, 0) is 17.7 Å². The van der Waals surface area contributed by atoms with E-state index in [0.29, 0.717) is 11.3 Å². The number of aliphatic hydroxyl groups excluding tert-OH is 1. The molecule has 1 aromatic rings. The minimum Gasteiger partial charge on any atom is -0.510 e. The highest BCUT2D eigenvalue weighted by Gasteiger charge is 2.46. The summed E-state index contributed by atoms with van der Waals surface area (Å²) in [7, 11) is 2.72. The van der Waals surface area contributed by atoms with E-state index in [4.69, 9.17) is 9.47 Å². The molecule has 1 aliphatic rings. The number of carbonyl (C=O) groups is 2. The van der Waals surface area contributed by atoms with Crippen molar-refractivity contribution in [2.75, 3.05) is 14.2 Å². The van der Waals surface area contributed by atoms with E-state index >= 15 is 0 Å². The number of aliphatic imine (C=N–C) groups is 1. The number of benzene rings is 1. The number of hydrogen-bond donors (Lipinski definition) is 1. The molecule has 1 aliphatic heterocycles. The Balaban J connectivity index is 2.58. The van der Waals surface area contributed by atoms with E-state index in [9.17, 15) is 14.7 Å². The molecule has 6 heteroatoms. The van der Waals surface area contributed by atoms with Crippen molar-refractivity contribution in [1.29, 1.82) is 0 Å². The molecule has 1 atom stereocenters. The number of hydrogen-bond acceptors (Lipinski definition) is 5. The Morgan fingerprint density at radius 2 is 1.90 bits per heavy atom. The first kappa shape index (κ1) is 13.8. The molecule has 1 heterocycles. The van der Waals surface area contributed by atoms with Crippen LogP contribution < -0.4 is 4.74 Å². The molecule has 0 unspecified atom stereocenters. The molecule has 0 fully saturated rings. The summed E-state index contributed by atoms with van der Waals surface area (Å²) in [4.78, 5) is 26.9. The lowest BCUT2D eigenvalue weighted by Crippen LogP contribution is -2.42. The van der Waals surface area contributed by atoms with Crippen molar-refractivity contribution in [1.82, 2.24) is 0 Å². The number of nitrogens with zero attached hydrogens (tertiary/aromatic N) is 1. The molecule has 0 aromatic heterocycles. The minimum absolute atomic E-state index is 0.422. The third-order valence-corrected chi connectivity index (χ3v) is 3.10. The summed E-state index contributed by atoms with van der Waals surface area (Å²) in [6, 6.07) is 6.47. The zero-order valence-electron chi connectivity index (χ0n) is 11.0. The van der Waals surface area contributed by atoms with Gasteiger partial charge in [0.1, 0.15) is 11.5 Å². The molecule has 0 saturated heterocycles. The Kier molecular flexibility index (Phi) is 3.56. The molecule has 0 aliphatic carbocycles.